The number of nitrogens with zero attached hydrogens (tertiary/aromatic N) is 4. The molecule has 0 bridgehead atoms. The van der Waals surface area contributed by atoms with E-state index in [1.165, 1.54) is 6.07 Å². The van der Waals surface area contributed by atoms with Gasteiger partial charge in [0.2, 0.25) is 5.69 Å². The van der Waals surface area contributed by atoms with E-state index in [-0.39, 0.29) is 46.9 Å². The first-order valence-electron chi connectivity index (χ1n) is 29.2. The number of allylic oxidation sites excluding steroid dienone is 8. The molecule has 1 aliphatic carbocycles. The highest BCUT2D eigenvalue weighted by molar-refractivity contribution is 7.95. The van der Waals surface area contributed by atoms with Crippen molar-refractivity contribution in [1.82, 2.24) is 5.06 Å². The van der Waals surface area contributed by atoms with Crippen LogP contribution >= 0.6 is 48.2 Å². The van der Waals surface area contributed by atoms with Crippen LogP contribution in [-0.4, -0.2) is 118 Å². The summed E-state index contributed by atoms with van der Waals surface area (Å²) in [5.41, 5.74) is 6.31. The van der Waals surface area contributed by atoms with Crippen molar-refractivity contribution in [2.75, 3.05) is 53.2 Å². The minimum atomic E-state index is -4.81. The third-order valence-corrected chi connectivity index (χ3v) is 20.1. The first kappa shape index (κ1) is 72.4. The summed E-state index contributed by atoms with van der Waals surface area (Å²) in [4.78, 5) is 35.3. The molecule has 1 fully saturated rings. The largest absolute Gasteiger partial charge is 0.457 e. The van der Waals surface area contributed by atoms with Crippen molar-refractivity contribution in [3.05, 3.63) is 137 Å². The Labute approximate surface area is 550 Å². The van der Waals surface area contributed by atoms with Crippen LogP contribution in [0.25, 0.3) is 10.8 Å². The maximum absolute atomic E-state index is 13.0. The molecule has 0 unspecified atom stereocenters. The predicted molar refractivity (Wildman–Crippen MR) is 345 cm³/mol. The predicted octanol–water partition coefficient (Wildman–Crippen LogP) is 13.2. The number of hydrogen-bond donors (Lipinski definition) is 6. The molecule has 8 rings (SSSR count). The quantitative estimate of drug-likeness (QED) is 0.00615. The molecule has 32 heteroatoms. The van der Waals surface area contributed by atoms with Crippen LogP contribution in [0.2, 0.25) is 0 Å². The third kappa shape index (κ3) is 18.5. The molecule has 0 radical (unpaired) electrons. The van der Waals surface area contributed by atoms with E-state index >= 15 is 0 Å². The van der Waals surface area contributed by atoms with Crippen molar-refractivity contribution in [1.29, 1.82) is 0 Å². The topological polar surface area (TPSA) is 329 Å². The fourth-order valence-corrected chi connectivity index (χ4v) is 14.7. The molecule has 0 saturated carbocycles. The molecular weight excluding hydrogens is 1320 g/mol. The lowest BCUT2D eigenvalue weighted by atomic mass is 9.80. The van der Waals surface area contributed by atoms with E-state index in [4.69, 9.17) is 34.9 Å². The van der Waals surface area contributed by atoms with Crippen molar-refractivity contribution < 1.29 is 108 Å². The summed E-state index contributed by atoms with van der Waals surface area (Å²) in [7, 11) is -9.12. The zero-order chi connectivity index (χ0) is 66.2. The standard InChI is InChI=1S/C60H72N4O22S6/c1-40-16-29-55(65)64(40)78-56(66)15-7-6-8-32-63-51-26-24-47-48(38-46(90-86-82-70)39-52(47)92(74,75)76)57(51)60(4,5)54(63)28-18-42-14-9-13-41(58(42)77-44-20-22-45(23-21-44)89-85-81-69)17-27-53-59(2,3)49-37-43(19-25-50(49)62(53)33-12-36-91(71,72)73)61(30-10-34-87-83-79-67)31-11-35-88-84-80-68/h17-28,37-39H,1,6-16,29-36H2,2-5H3,(H5-,67,68,69,70,71,72,73,74,75,76)/p+1. The van der Waals surface area contributed by atoms with Crippen LogP contribution in [0.4, 0.5) is 17.1 Å². The Morgan fingerprint density at radius 1 is 0.728 bits per heavy atom. The number of benzene rings is 4. The molecule has 4 aromatic rings. The van der Waals surface area contributed by atoms with Crippen LogP contribution in [-0.2, 0) is 83.0 Å². The van der Waals surface area contributed by atoms with Gasteiger partial charge in [0.05, 0.1) is 41.0 Å². The summed E-state index contributed by atoms with van der Waals surface area (Å²) in [6.45, 7) is 13.9. The Kier molecular flexibility index (Phi) is 26.2. The summed E-state index contributed by atoms with van der Waals surface area (Å²) in [6.07, 6.45) is 13.6. The normalized spacial score (nSPS) is 17.4. The Morgan fingerprint density at radius 3 is 2.05 bits per heavy atom. The van der Waals surface area contributed by atoms with Crippen LogP contribution in [0.3, 0.4) is 0 Å². The van der Waals surface area contributed by atoms with Gasteiger partial charge in [0, 0.05) is 130 Å². The fraction of sp³-hybridized carbons (Fsp3) is 0.417. The third-order valence-electron chi connectivity index (χ3n) is 16.0. The number of anilines is 2. The van der Waals surface area contributed by atoms with Gasteiger partial charge in [-0.25, -0.2) is 25.8 Å². The van der Waals surface area contributed by atoms with Crippen LogP contribution < -0.4 is 14.5 Å². The lowest BCUT2D eigenvalue weighted by molar-refractivity contribution is -0.437. The van der Waals surface area contributed by atoms with E-state index in [9.17, 15) is 35.5 Å². The molecule has 0 atom stereocenters. The van der Waals surface area contributed by atoms with Crippen molar-refractivity contribution in [3.8, 4) is 5.75 Å². The molecule has 1 saturated heterocycles. The molecule has 0 spiro atoms. The maximum Gasteiger partial charge on any atom is 0.333 e. The van der Waals surface area contributed by atoms with Crippen LogP contribution in [0.1, 0.15) is 116 Å². The molecule has 1 amide bonds. The van der Waals surface area contributed by atoms with Crippen molar-refractivity contribution in [2.45, 2.75) is 130 Å². The Balaban J connectivity index is 1.21. The number of rotatable bonds is 36. The molecule has 500 valence electrons. The van der Waals surface area contributed by atoms with E-state index in [1.54, 1.807) is 36.4 Å². The minimum Gasteiger partial charge on any atom is -0.457 e. The smallest absolute Gasteiger partial charge is 0.333 e. The van der Waals surface area contributed by atoms with Gasteiger partial charge in [-0.1, -0.05) is 59.1 Å². The number of carbonyl (C=O) groups is 2. The summed E-state index contributed by atoms with van der Waals surface area (Å²) in [6, 6.07) is 19.4. The maximum atomic E-state index is 13.0. The average molecular weight is 1390 g/mol. The molecule has 3 heterocycles. The molecular formula is C60H73N4O22S6+. The van der Waals surface area contributed by atoms with Gasteiger partial charge in [0.25, 0.3) is 26.1 Å². The number of fused-ring (bicyclic) bond motifs is 4. The highest BCUT2D eigenvalue weighted by Gasteiger charge is 2.46. The first-order valence-corrected chi connectivity index (χ1v) is 35.5. The number of carbonyl (C=O) groups excluding carboxylic acids is 2. The molecule has 0 aromatic heterocycles. The van der Waals surface area contributed by atoms with E-state index in [0.29, 0.717) is 128 Å². The van der Waals surface area contributed by atoms with Gasteiger partial charge in [-0.3, -0.25) is 13.9 Å². The van der Waals surface area contributed by atoms with Gasteiger partial charge in [0.1, 0.15) is 22.9 Å². The van der Waals surface area contributed by atoms with Gasteiger partial charge < -0.3 is 19.4 Å². The lowest BCUT2D eigenvalue weighted by Crippen LogP contribution is -2.29. The molecule has 4 aromatic carbocycles. The molecule has 6 N–H and O–H groups in total. The van der Waals surface area contributed by atoms with E-state index in [2.05, 4.69) is 74.0 Å². The molecule has 26 nitrogen and oxygen atoms in total. The van der Waals surface area contributed by atoms with Gasteiger partial charge in [-0.2, -0.15) is 21.4 Å². The second-order valence-corrected chi connectivity index (χ2v) is 28.8. The second kappa shape index (κ2) is 33.3. The Hall–Kier alpha value is -5.41. The minimum absolute atomic E-state index is 0.0484. The summed E-state index contributed by atoms with van der Waals surface area (Å²) in [5.74, 6) is 0.661. The zero-order valence-electron chi connectivity index (χ0n) is 50.8. The van der Waals surface area contributed by atoms with Gasteiger partial charge in [0.15, 0.2) is 5.71 Å². The highest BCUT2D eigenvalue weighted by Crippen LogP contribution is 2.53. The van der Waals surface area contributed by atoms with E-state index in [0.717, 1.165) is 91.9 Å². The number of unbranched alkanes of at least 4 members (excludes halogenated alkanes) is 2. The van der Waals surface area contributed by atoms with E-state index < -0.39 is 42.8 Å². The lowest BCUT2D eigenvalue weighted by Gasteiger charge is -2.28. The Bertz CT molecular complexity index is 3680. The van der Waals surface area contributed by atoms with Crippen LogP contribution in [0.15, 0.2) is 141 Å². The number of amides is 1. The Morgan fingerprint density at radius 2 is 1.41 bits per heavy atom. The van der Waals surface area contributed by atoms with Crippen LogP contribution in [0, 0.1) is 0 Å². The van der Waals surface area contributed by atoms with Gasteiger partial charge in [-0.05, 0) is 154 Å². The molecule has 92 heavy (non-hydrogen) atoms. The van der Waals surface area contributed by atoms with E-state index in [1.807, 2.05) is 56.4 Å². The fourth-order valence-electron chi connectivity index (χ4n) is 11.9. The second-order valence-electron chi connectivity index (χ2n) is 22.7. The van der Waals surface area contributed by atoms with Crippen LogP contribution in [0.5, 0.6) is 5.75 Å². The zero-order valence-corrected chi connectivity index (χ0v) is 55.7. The number of hydrogen-bond acceptors (Lipinski definition) is 26. The average Bonchev–Trinajstić information content (AvgIpc) is 1.55. The molecule has 4 aliphatic rings. The first-order chi connectivity index (χ1) is 44.0. The highest BCUT2D eigenvalue weighted by atomic mass is 32.2. The van der Waals surface area contributed by atoms with Crippen molar-refractivity contribution in [3.63, 3.8) is 0 Å². The van der Waals surface area contributed by atoms with Gasteiger partial charge in [-0.15, -0.1) is 22.4 Å². The van der Waals surface area contributed by atoms with Crippen molar-refractivity contribution in [2.24, 2.45) is 0 Å². The summed E-state index contributed by atoms with van der Waals surface area (Å²) in [5, 5.41) is 52.2. The summed E-state index contributed by atoms with van der Waals surface area (Å²) >= 11 is 3.24. The molecule has 3 aliphatic heterocycles. The SMILES string of the molecule is C=C1CCC(=O)N1OC(=O)CCCCCN1/C(=C/C=C2\CCCC(/C=C/C3=[N+](CCCS(=O)(=O)O)c4ccc(N(CCCSOOO)CCCSOOO)cc4C3(C)C)=C2Oc2ccc(SOOO)cc2)C(C)(C)c2c1ccc1c(S(=O)(=O)O)cc(SOOO)cc21. The van der Waals surface area contributed by atoms with Crippen molar-refractivity contribution >= 4 is 114 Å². The monoisotopic (exact) mass is 1390 g/mol. The summed E-state index contributed by atoms with van der Waals surface area (Å²) < 4.78 is 98.5. The number of hydroxylamine groups is 2. The number of ether oxygens (including phenoxy) is 1. The van der Waals surface area contributed by atoms with Gasteiger partial charge >= 0.3 is 5.97 Å².